The van der Waals surface area contributed by atoms with Gasteiger partial charge in [0.25, 0.3) is 5.91 Å². The molecule has 6 nitrogen and oxygen atoms in total. The number of thiazole rings is 1. The summed E-state index contributed by atoms with van der Waals surface area (Å²) in [6, 6.07) is 8.78. The average Bonchev–Trinajstić information content (AvgIpc) is 3.22. The number of aryl methyl sites for hydroxylation is 1. The van der Waals surface area contributed by atoms with Crippen LogP contribution in [0.1, 0.15) is 28.2 Å². The molecule has 2 aromatic carbocycles. The van der Waals surface area contributed by atoms with Crippen LogP contribution in [0.15, 0.2) is 36.4 Å². The van der Waals surface area contributed by atoms with Crippen LogP contribution in [0.2, 0.25) is 0 Å². The van der Waals surface area contributed by atoms with Gasteiger partial charge in [-0.3, -0.25) is 4.79 Å². The molecule has 0 atom stereocenters. The lowest BCUT2D eigenvalue weighted by atomic mass is 10.1. The first-order valence-electron chi connectivity index (χ1n) is 10.5. The van der Waals surface area contributed by atoms with Crippen molar-refractivity contribution in [2.24, 2.45) is 0 Å². The highest BCUT2D eigenvalue weighted by Gasteiger charge is 2.28. The van der Waals surface area contributed by atoms with E-state index in [2.05, 4.69) is 4.98 Å². The van der Waals surface area contributed by atoms with Gasteiger partial charge in [0.05, 0.1) is 19.9 Å². The number of ether oxygens (including phenoxy) is 3. The van der Waals surface area contributed by atoms with Gasteiger partial charge in [-0.2, -0.15) is 0 Å². The maximum Gasteiger partial charge on any atom is 0.265 e. The number of nitrogens with zero attached hydrogens (tertiary/aromatic N) is 2. The van der Waals surface area contributed by atoms with E-state index in [1.807, 2.05) is 19.1 Å². The van der Waals surface area contributed by atoms with E-state index in [0.717, 1.165) is 16.6 Å². The topological polar surface area (TPSA) is 60.9 Å². The Kier molecular flexibility index (Phi) is 6.78. The maximum absolute atomic E-state index is 13.9. The van der Waals surface area contributed by atoms with Gasteiger partial charge in [0.15, 0.2) is 23.1 Å². The summed E-state index contributed by atoms with van der Waals surface area (Å²) in [6.45, 7) is 2.78. The van der Waals surface area contributed by atoms with Crippen LogP contribution in [0, 0.1) is 18.6 Å². The van der Waals surface area contributed by atoms with Crippen molar-refractivity contribution >= 4 is 17.2 Å². The highest BCUT2D eigenvalue weighted by molar-refractivity contribution is 7.17. The largest absolute Gasteiger partial charge is 0.493 e. The number of methoxy groups -OCH3 is 2. The van der Waals surface area contributed by atoms with Crippen LogP contribution in [-0.2, 0) is 0 Å². The molecule has 1 aliphatic heterocycles. The second-order valence-electron chi connectivity index (χ2n) is 7.69. The molecule has 0 bridgehead atoms. The van der Waals surface area contributed by atoms with E-state index in [9.17, 15) is 13.6 Å². The minimum absolute atomic E-state index is 0.0269. The number of halogens is 2. The van der Waals surface area contributed by atoms with E-state index < -0.39 is 11.6 Å². The Labute approximate surface area is 194 Å². The zero-order chi connectivity index (χ0) is 23.5. The van der Waals surface area contributed by atoms with Gasteiger partial charge in [-0.25, -0.2) is 13.8 Å². The summed E-state index contributed by atoms with van der Waals surface area (Å²) in [6.07, 6.45) is 0.880. The van der Waals surface area contributed by atoms with Gasteiger partial charge in [0.1, 0.15) is 21.8 Å². The van der Waals surface area contributed by atoms with Crippen LogP contribution < -0.4 is 14.2 Å². The molecule has 0 aliphatic carbocycles. The monoisotopic (exact) mass is 474 g/mol. The summed E-state index contributed by atoms with van der Waals surface area (Å²) in [5.74, 6) is -0.210. The third-order valence-electron chi connectivity index (χ3n) is 5.54. The molecule has 174 valence electrons. The minimum Gasteiger partial charge on any atom is -0.493 e. The number of piperidine rings is 1. The Morgan fingerprint density at radius 1 is 1.03 bits per heavy atom. The fourth-order valence-corrected chi connectivity index (χ4v) is 4.79. The fraction of sp³-hybridized carbons (Fsp3) is 0.333. The number of aromatic nitrogens is 1. The number of amides is 1. The SMILES string of the molecule is COc1ccc(-c2nc(C)c(C(=O)N3CCC(Oc4ccc(F)cc4F)CC3)s2)cc1OC. The quantitative estimate of drug-likeness (QED) is 0.498. The molecule has 9 heteroatoms. The highest BCUT2D eigenvalue weighted by Crippen LogP contribution is 2.35. The van der Waals surface area contributed by atoms with Crippen molar-refractivity contribution < 1.29 is 27.8 Å². The molecule has 0 unspecified atom stereocenters. The minimum atomic E-state index is -0.725. The van der Waals surface area contributed by atoms with Gasteiger partial charge < -0.3 is 19.1 Å². The van der Waals surface area contributed by atoms with E-state index >= 15 is 0 Å². The summed E-state index contributed by atoms with van der Waals surface area (Å²) < 4.78 is 43.3. The summed E-state index contributed by atoms with van der Waals surface area (Å²) >= 11 is 1.34. The molecule has 0 N–H and O–H groups in total. The zero-order valence-electron chi connectivity index (χ0n) is 18.6. The van der Waals surface area contributed by atoms with Crippen LogP contribution in [0.5, 0.6) is 17.2 Å². The van der Waals surface area contributed by atoms with Crippen molar-refractivity contribution in [2.45, 2.75) is 25.9 Å². The van der Waals surface area contributed by atoms with Crippen molar-refractivity contribution in [3.05, 3.63) is 58.6 Å². The normalized spacial score (nSPS) is 14.3. The van der Waals surface area contributed by atoms with Crippen LogP contribution in [0.4, 0.5) is 8.78 Å². The van der Waals surface area contributed by atoms with E-state index in [-0.39, 0.29) is 17.8 Å². The molecule has 33 heavy (non-hydrogen) atoms. The Bertz CT molecular complexity index is 1160. The maximum atomic E-state index is 13.9. The van der Waals surface area contributed by atoms with Crippen LogP contribution >= 0.6 is 11.3 Å². The molecule has 0 radical (unpaired) electrons. The summed E-state index contributed by atoms with van der Waals surface area (Å²) in [5, 5.41) is 0.724. The standard InChI is InChI=1S/C24H24F2N2O4S/c1-14-22(33-23(27-14)15-4-6-20(30-2)21(12-15)31-3)24(29)28-10-8-17(9-11-28)32-19-7-5-16(25)13-18(19)26/h4-7,12-13,17H,8-11H2,1-3H3. The predicted octanol–water partition coefficient (Wildman–Crippen LogP) is 5.10. The molecule has 2 heterocycles. The lowest BCUT2D eigenvalue weighted by Crippen LogP contribution is -2.41. The van der Waals surface area contributed by atoms with E-state index in [0.29, 0.717) is 48.0 Å². The molecular weight excluding hydrogens is 450 g/mol. The summed E-state index contributed by atoms with van der Waals surface area (Å²) in [7, 11) is 3.15. The number of hydrogen-bond acceptors (Lipinski definition) is 6. The first kappa shape index (κ1) is 23.0. The van der Waals surface area contributed by atoms with Crippen molar-refractivity contribution in [3.8, 4) is 27.8 Å². The zero-order valence-corrected chi connectivity index (χ0v) is 19.4. The van der Waals surface area contributed by atoms with Crippen molar-refractivity contribution in [3.63, 3.8) is 0 Å². The third-order valence-corrected chi connectivity index (χ3v) is 6.73. The van der Waals surface area contributed by atoms with Gasteiger partial charge in [0, 0.05) is 37.6 Å². The van der Waals surface area contributed by atoms with Crippen LogP contribution in [0.3, 0.4) is 0 Å². The first-order chi connectivity index (χ1) is 15.9. The number of benzene rings is 2. The Hall–Kier alpha value is -3.20. The lowest BCUT2D eigenvalue weighted by Gasteiger charge is -2.32. The molecule has 4 rings (SSSR count). The van der Waals surface area contributed by atoms with Crippen molar-refractivity contribution in [1.82, 2.24) is 9.88 Å². The predicted molar refractivity (Wildman–Crippen MR) is 121 cm³/mol. The second kappa shape index (κ2) is 9.74. The molecular formula is C24H24F2N2O4S. The molecule has 1 aliphatic rings. The molecule has 0 saturated carbocycles. The highest BCUT2D eigenvalue weighted by atomic mass is 32.1. The molecule has 3 aromatic rings. The van der Waals surface area contributed by atoms with E-state index in [4.69, 9.17) is 14.2 Å². The number of carbonyl (C=O) groups is 1. The number of hydrogen-bond donors (Lipinski definition) is 0. The van der Waals surface area contributed by atoms with Crippen LogP contribution in [-0.4, -0.2) is 49.2 Å². The smallest absolute Gasteiger partial charge is 0.265 e. The first-order valence-corrected chi connectivity index (χ1v) is 11.3. The molecule has 1 fully saturated rings. The number of likely N-dealkylation sites (tertiary alicyclic amines) is 1. The summed E-state index contributed by atoms with van der Waals surface area (Å²) in [5.41, 5.74) is 1.51. The van der Waals surface area contributed by atoms with Crippen molar-refractivity contribution in [2.75, 3.05) is 27.3 Å². The Morgan fingerprint density at radius 2 is 1.73 bits per heavy atom. The van der Waals surface area contributed by atoms with Gasteiger partial charge in [-0.1, -0.05) is 0 Å². The molecule has 1 aromatic heterocycles. The molecule has 0 spiro atoms. The lowest BCUT2D eigenvalue weighted by molar-refractivity contribution is 0.0591. The van der Waals surface area contributed by atoms with Gasteiger partial charge in [-0.05, 0) is 37.3 Å². The molecule has 1 saturated heterocycles. The van der Waals surface area contributed by atoms with Crippen LogP contribution in [0.25, 0.3) is 10.6 Å². The Balaban J connectivity index is 1.43. The van der Waals surface area contributed by atoms with E-state index in [1.54, 1.807) is 25.2 Å². The average molecular weight is 475 g/mol. The number of rotatable bonds is 6. The van der Waals surface area contributed by atoms with Gasteiger partial charge in [0.2, 0.25) is 0 Å². The van der Waals surface area contributed by atoms with Crippen molar-refractivity contribution in [1.29, 1.82) is 0 Å². The van der Waals surface area contributed by atoms with Gasteiger partial charge in [-0.15, -0.1) is 11.3 Å². The third kappa shape index (κ3) is 4.93. The van der Waals surface area contributed by atoms with Gasteiger partial charge >= 0.3 is 0 Å². The number of carbonyl (C=O) groups excluding carboxylic acids is 1. The Morgan fingerprint density at radius 3 is 2.39 bits per heavy atom. The fourth-order valence-electron chi connectivity index (χ4n) is 3.76. The second-order valence-corrected chi connectivity index (χ2v) is 8.69. The molecule has 1 amide bonds. The van der Waals surface area contributed by atoms with E-state index in [1.165, 1.54) is 23.5 Å². The summed E-state index contributed by atoms with van der Waals surface area (Å²) in [4.78, 5) is 20.1.